The van der Waals surface area contributed by atoms with Crippen molar-refractivity contribution in [2.45, 2.75) is 12.5 Å². The van der Waals surface area contributed by atoms with Gasteiger partial charge in [0.25, 0.3) is 5.91 Å². The van der Waals surface area contributed by atoms with Crippen molar-refractivity contribution in [2.75, 3.05) is 13.1 Å². The number of ether oxygens (including phenoxy) is 1. The van der Waals surface area contributed by atoms with Crippen molar-refractivity contribution in [3.63, 3.8) is 0 Å². The van der Waals surface area contributed by atoms with Crippen LogP contribution in [-0.2, 0) is 0 Å². The maximum absolute atomic E-state index is 13.1. The molecule has 0 unspecified atom stereocenters. The molecular weight excluding hydrogens is 354 g/mol. The van der Waals surface area contributed by atoms with Gasteiger partial charge in [0, 0.05) is 36.4 Å². The Morgan fingerprint density at radius 3 is 2.46 bits per heavy atom. The van der Waals surface area contributed by atoms with Crippen LogP contribution in [0, 0.1) is 0 Å². The van der Waals surface area contributed by atoms with Crippen LogP contribution >= 0.6 is 0 Å². The summed E-state index contributed by atoms with van der Waals surface area (Å²) in [5.74, 6) is 0.181. The Morgan fingerprint density at radius 1 is 0.964 bits per heavy atom. The molecule has 1 amide bonds. The highest BCUT2D eigenvalue weighted by atomic mass is 16.5. The highest BCUT2D eigenvalue weighted by Gasteiger charge is 2.30. The summed E-state index contributed by atoms with van der Waals surface area (Å²) < 4.78 is 5.83. The minimum Gasteiger partial charge on any atom is -0.472 e. The van der Waals surface area contributed by atoms with Crippen LogP contribution < -0.4 is 4.74 Å². The normalized spacial score (nSPS) is 16.0. The van der Waals surface area contributed by atoms with Gasteiger partial charge in [-0.2, -0.15) is 0 Å². The number of amides is 1. The summed E-state index contributed by atoms with van der Waals surface area (Å²) in [4.78, 5) is 35.6. The molecule has 1 fully saturated rings. The molecule has 1 aliphatic heterocycles. The van der Waals surface area contributed by atoms with E-state index in [0.29, 0.717) is 42.1 Å². The molecule has 140 valence electrons. The predicted molar refractivity (Wildman–Crippen MR) is 103 cm³/mol. The van der Waals surface area contributed by atoms with Crippen molar-refractivity contribution in [1.82, 2.24) is 14.9 Å². The lowest BCUT2D eigenvalue weighted by Crippen LogP contribution is -2.32. The highest BCUT2D eigenvalue weighted by molar-refractivity contribution is 6.15. The van der Waals surface area contributed by atoms with E-state index in [1.54, 1.807) is 53.6 Å². The van der Waals surface area contributed by atoms with Gasteiger partial charge in [0.2, 0.25) is 5.88 Å². The highest BCUT2D eigenvalue weighted by Crippen LogP contribution is 2.21. The number of likely N-dealkylation sites (tertiary alicyclic amines) is 1. The Morgan fingerprint density at radius 2 is 1.71 bits per heavy atom. The van der Waals surface area contributed by atoms with E-state index in [9.17, 15) is 9.59 Å². The Bertz CT molecular complexity index is 977. The first-order chi connectivity index (χ1) is 13.7. The van der Waals surface area contributed by atoms with Gasteiger partial charge in [0.05, 0.1) is 12.1 Å². The van der Waals surface area contributed by atoms with Gasteiger partial charge in [-0.1, -0.05) is 48.5 Å². The molecule has 4 rings (SSSR count). The van der Waals surface area contributed by atoms with Gasteiger partial charge in [-0.15, -0.1) is 0 Å². The number of hydrogen-bond acceptors (Lipinski definition) is 5. The van der Waals surface area contributed by atoms with Crippen molar-refractivity contribution in [1.29, 1.82) is 0 Å². The number of hydrogen-bond donors (Lipinski definition) is 0. The number of aromatic nitrogens is 2. The average molecular weight is 373 g/mol. The molecule has 3 aromatic rings. The van der Waals surface area contributed by atoms with E-state index in [1.807, 2.05) is 18.2 Å². The van der Waals surface area contributed by atoms with E-state index in [2.05, 4.69) is 9.97 Å². The fourth-order valence-electron chi connectivity index (χ4n) is 3.31. The molecule has 1 aromatic heterocycles. The second-order valence-electron chi connectivity index (χ2n) is 6.57. The fourth-order valence-corrected chi connectivity index (χ4v) is 3.31. The Balaban J connectivity index is 1.51. The standard InChI is InChI=1S/C22H19N3O3/c26-21(16-6-2-1-3-7-16)18-8-4-5-9-19(18)22(27)25-13-11-17(14-25)28-20-10-12-23-15-24-20/h1-10,12,15,17H,11,13-14H2/t17-/m1/s1. The monoisotopic (exact) mass is 373 g/mol. The van der Waals surface area contributed by atoms with Crippen LogP contribution in [-0.4, -0.2) is 45.8 Å². The van der Waals surface area contributed by atoms with Crippen LogP contribution in [0.5, 0.6) is 5.88 Å². The van der Waals surface area contributed by atoms with Crippen molar-refractivity contribution in [3.05, 3.63) is 89.9 Å². The van der Waals surface area contributed by atoms with E-state index >= 15 is 0 Å². The van der Waals surface area contributed by atoms with Gasteiger partial charge in [-0.05, 0) is 6.07 Å². The summed E-state index contributed by atoms with van der Waals surface area (Å²) in [6.45, 7) is 1.03. The third-order valence-electron chi connectivity index (χ3n) is 4.71. The molecule has 1 atom stereocenters. The van der Waals surface area contributed by atoms with Gasteiger partial charge >= 0.3 is 0 Å². The third-order valence-corrected chi connectivity index (χ3v) is 4.71. The summed E-state index contributed by atoms with van der Waals surface area (Å²) in [7, 11) is 0. The zero-order valence-corrected chi connectivity index (χ0v) is 15.2. The average Bonchev–Trinajstić information content (AvgIpc) is 3.22. The van der Waals surface area contributed by atoms with Gasteiger partial charge in [0.15, 0.2) is 5.78 Å². The first kappa shape index (κ1) is 17.9. The number of carbonyl (C=O) groups excluding carboxylic acids is 2. The van der Waals surface area contributed by atoms with Crippen LogP contribution in [0.25, 0.3) is 0 Å². The second kappa shape index (κ2) is 8.00. The molecule has 2 heterocycles. The lowest BCUT2D eigenvalue weighted by atomic mass is 9.97. The molecule has 1 aliphatic rings. The van der Waals surface area contributed by atoms with Crippen LogP contribution in [0.1, 0.15) is 32.7 Å². The van der Waals surface area contributed by atoms with Crippen molar-refractivity contribution in [3.8, 4) is 5.88 Å². The van der Waals surface area contributed by atoms with Crippen LogP contribution in [0.15, 0.2) is 73.2 Å². The maximum atomic E-state index is 13.1. The zero-order chi connectivity index (χ0) is 19.3. The number of benzene rings is 2. The zero-order valence-electron chi connectivity index (χ0n) is 15.2. The molecule has 28 heavy (non-hydrogen) atoms. The molecule has 6 nitrogen and oxygen atoms in total. The van der Waals surface area contributed by atoms with Crippen molar-refractivity contribution in [2.24, 2.45) is 0 Å². The Kier molecular flexibility index (Phi) is 5.10. The lowest BCUT2D eigenvalue weighted by Gasteiger charge is -2.18. The van der Waals surface area contributed by atoms with Gasteiger partial charge in [0.1, 0.15) is 12.4 Å². The summed E-state index contributed by atoms with van der Waals surface area (Å²) in [6, 6.07) is 17.6. The first-order valence-electron chi connectivity index (χ1n) is 9.13. The fraction of sp³-hybridized carbons (Fsp3) is 0.182. The van der Waals surface area contributed by atoms with Gasteiger partial charge in [-0.25, -0.2) is 9.97 Å². The lowest BCUT2D eigenvalue weighted by molar-refractivity contribution is 0.0767. The molecule has 1 saturated heterocycles. The number of nitrogens with zero attached hydrogens (tertiary/aromatic N) is 3. The number of carbonyl (C=O) groups is 2. The molecule has 2 aromatic carbocycles. The van der Waals surface area contributed by atoms with E-state index in [1.165, 1.54) is 6.33 Å². The third kappa shape index (κ3) is 3.76. The minimum atomic E-state index is -0.159. The van der Waals surface area contributed by atoms with Gasteiger partial charge < -0.3 is 9.64 Å². The van der Waals surface area contributed by atoms with E-state index < -0.39 is 0 Å². The molecule has 0 aliphatic carbocycles. The smallest absolute Gasteiger partial charge is 0.254 e. The molecular formula is C22H19N3O3. The summed E-state index contributed by atoms with van der Waals surface area (Å²) in [5, 5.41) is 0. The molecule has 0 bridgehead atoms. The SMILES string of the molecule is O=C(c1ccccc1)c1ccccc1C(=O)N1CC[C@@H](Oc2ccncn2)C1. The molecule has 0 spiro atoms. The summed E-state index contributed by atoms with van der Waals surface area (Å²) >= 11 is 0. The van der Waals surface area contributed by atoms with Crippen molar-refractivity contribution < 1.29 is 14.3 Å². The largest absolute Gasteiger partial charge is 0.472 e. The molecule has 0 radical (unpaired) electrons. The van der Waals surface area contributed by atoms with E-state index in [0.717, 1.165) is 0 Å². The molecule has 6 heteroatoms. The maximum Gasteiger partial charge on any atom is 0.254 e. The molecule has 0 saturated carbocycles. The second-order valence-corrected chi connectivity index (χ2v) is 6.57. The minimum absolute atomic E-state index is 0.129. The Hall–Kier alpha value is -3.54. The number of rotatable bonds is 5. The summed E-state index contributed by atoms with van der Waals surface area (Å²) in [6.07, 6.45) is 3.63. The predicted octanol–water partition coefficient (Wildman–Crippen LogP) is 3.00. The first-order valence-corrected chi connectivity index (χ1v) is 9.13. The van der Waals surface area contributed by atoms with Crippen LogP contribution in [0.3, 0.4) is 0 Å². The van der Waals surface area contributed by atoms with Gasteiger partial charge in [-0.3, -0.25) is 9.59 Å². The summed E-state index contributed by atoms with van der Waals surface area (Å²) in [5.41, 5.74) is 1.40. The van der Waals surface area contributed by atoms with E-state index in [-0.39, 0.29) is 17.8 Å². The topological polar surface area (TPSA) is 72.4 Å². The molecule has 0 N–H and O–H groups in total. The van der Waals surface area contributed by atoms with Crippen LogP contribution in [0.4, 0.5) is 0 Å². The number of ketones is 1. The van der Waals surface area contributed by atoms with E-state index in [4.69, 9.17) is 4.74 Å². The quantitative estimate of drug-likeness (QED) is 0.643. The van der Waals surface area contributed by atoms with Crippen molar-refractivity contribution >= 4 is 11.7 Å². The Labute approximate surface area is 162 Å². The van der Waals surface area contributed by atoms with Crippen LogP contribution in [0.2, 0.25) is 0 Å².